The molecule has 0 saturated carbocycles. The van der Waals surface area contributed by atoms with Crippen LogP contribution in [0.2, 0.25) is 0 Å². The minimum atomic E-state index is -0.704. The second-order valence-electron chi connectivity index (χ2n) is 2.50. The summed E-state index contributed by atoms with van der Waals surface area (Å²) in [5, 5.41) is 2.72. The highest BCUT2D eigenvalue weighted by Gasteiger charge is 2.21. The molecule has 0 radical (unpaired) electrons. The molecule has 1 rings (SSSR count). The molecular weight excluding hydrogens is 142 g/mol. The smallest absolute Gasteiger partial charge is 0.194 e. The maximum atomic E-state index is 5.79. The van der Waals surface area contributed by atoms with E-state index in [9.17, 15) is 0 Å². The van der Waals surface area contributed by atoms with Crippen molar-refractivity contribution in [2.75, 3.05) is 6.54 Å². The van der Waals surface area contributed by atoms with Crippen molar-refractivity contribution in [3.8, 4) is 0 Å². The van der Waals surface area contributed by atoms with Crippen LogP contribution in [0.15, 0.2) is 17.3 Å². The number of hydrogen-bond donors (Lipinski definition) is 4. The Hall–Kier alpha value is -1.07. The molecule has 1 aliphatic heterocycles. The fraction of sp³-hybridized carbons (Fsp3) is 0.500. The van der Waals surface area contributed by atoms with Gasteiger partial charge < -0.3 is 22.5 Å². The Morgan fingerprint density at radius 3 is 2.91 bits per heavy atom. The van der Waals surface area contributed by atoms with Crippen molar-refractivity contribution in [3.05, 3.63) is 12.3 Å². The topological polar surface area (TPSA) is 102 Å². The fourth-order valence-corrected chi connectivity index (χ4v) is 0.936. The maximum Gasteiger partial charge on any atom is 0.194 e. The van der Waals surface area contributed by atoms with Gasteiger partial charge in [0.2, 0.25) is 0 Å². The van der Waals surface area contributed by atoms with Crippen LogP contribution in [-0.4, -0.2) is 18.2 Å². The molecule has 1 atom stereocenters. The lowest BCUT2D eigenvalue weighted by molar-refractivity contribution is 0.508. The summed E-state index contributed by atoms with van der Waals surface area (Å²) in [7, 11) is 0. The zero-order valence-corrected chi connectivity index (χ0v) is 6.25. The second-order valence-corrected chi connectivity index (χ2v) is 2.50. The molecular formula is C6H13N5. The molecule has 7 N–H and O–H groups in total. The van der Waals surface area contributed by atoms with E-state index < -0.39 is 5.66 Å². The molecule has 0 aromatic carbocycles. The molecule has 0 aromatic rings. The van der Waals surface area contributed by atoms with Crippen molar-refractivity contribution in [2.24, 2.45) is 22.2 Å². The summed E-state index contributed by atoms with van der Waals surface area (Å²) in [6, 6.07) is 0. The van der Waals surface area contributed by atoms with Gasteiger partial charge in [0.05, 0.1) is 0 Å². The second kappa shape index (κ2) is 2.89. The maximum absolute atomic E-state index is 5.79. The van der Waals surface area contributed by atoms with Gasteiger partial charge in [-0.2, -0.15) is 0 Å². The number of hydrogen-bond acceptors (Lipinski definition) is 5. The van der Waals surface area contributed by atoms with Crippen molar-refractivity contribution < 1.29 is 0 Å². The molecule has 0 bridgehead atoms. The molecule has 1 unspecified atom stereocenters. The van der Waals surface area contributed by atoms with Gasteiger partial charge in [-0.1, -0.05) is 0 Å². The molecule has 1 heterocycles. The molecule has 62 valence electrons. The van der Waals surface area contributed by atoms with Gasteiger partial charge in [0.1, 0.15) is 5.66 Å². The van der Waals surface area contributed by atoms with E-state index in [4.69, 9.17) is 17.2 Å². The predicted octanol–water partition coefficient (Wildman–Crippen LogP) is -1.58. The van der Waals surface area contributed by atoms with E-state index in [1.807, 2.05) is 0 Å². The molecule has 5 nitrogen and oxygen atoms in total. The summed E-state index contributed by atoms with van der Waals surface area (Å²) in [6.07, 6.45) is 4.03. The summed E-state index contributed by atoms with van der Waals surface area (Å²) in [5.41, 5.74) is 15.8. The SMILES string of the molecule is NCCC1(N)C=CNC(N)=N1. The van der Waals surface area contributed by atoms with Crippen LogP contribution in [0, 0.1) is 0 Å². The van der Waals surface area contributed by atoms with Crippen LogP contribution in [0.25, 0.3) is 0 Å². The van der Waals surface area contributed by atoms with Crippen molar-refractivity contribution >= 4 is 5.96 Å². The van der Waals surface area contributed by atoms with Crippen molar-refractivity contribution in [1.29, 1.82) is 0 Å². The third-order valence-electron chi connectivity index (χ3n) is 1.48. The van der Waals surface area contributed by atoms with Gasteiger partial charge in [-0.25, -0.2) is 4.99 Å². The quantitative estimate of drug-likeness (QED) is 0.386. The monoisotopic (exact) mass is 155 g/mol. The van der Waals surface area contributed by atoms with Crippen molar-refractivity contribution in [1.82, 2.24) is 5.32 Å². The van der Waals surface area contributed by atoms with Crippen LogP contribution in [0.4, 0.5) is 0 Å². The minimum absolute atomic E-state index is 0.337. The number of nitrogens with two attached hydrogens (primary N) is 3. The summed E-state index contributed by atoms with van der Waals surface area (Å²) < 4.78 is 0. The summed E-state index contributed by atoms with van der Waals surface area (Å²) in [4.78, 5) is 4.00. The lowest BCUT2D eigenvalue weighted by atomic mass is 10.1. The van der Waals surface area contributed by atoms with Crippen LogP contribution in [0.3, 0.4) is 0 Å². The highest BCUT2D eigenvalue weighted by molar-refractivity contribution is 5.80. The van der Waals surface area contributed by atoms with E-state index in [0.717, 1.165) is 0 Å². The highest BCUT2D eigenvalue weighted by atomic mass is 15.2. The van der Waals surface area contributed by atoms with Crippen LogP contribution < -0.4 is 22.5 Å². The van der Waals surface area contributed by atoms with E-state index in [2.05, 4.69) is 10.3 Å². The predicted molar refractivity (Wildman–Crippen MR) is 44.5 cm³/mol. The van der Waals surface area contributed by atoms with Crippen molar-refractivity contribution in [2.45, 2.75) is 12.1 Å². The molecule has 0 spiro atoms. The number of nitrogens with zero attached hydrogens (tertiary/aromatic N) is 1. The Morgan fingerprint density at radius 2 is 2.36 bits per heavy atom. The summed E-state index contributed by atoms with van der Waals surface area (Å²) >= 11 is 0. The molecule has 11 heavy (non-hydrogen) atoms. The molecule has 0 aromatic heterocycles. The molecule has 0 aliphatic carbocycles. The lowest BCUT2D eigenvalue weighted by Crippen LogP contribution is -2.45. The Bertz CT molecular complexity index is 197. The summed E-state index contributed by atoms with van der Waals surface area (Å²) in [6.45, 7) is 0.498. The Labute approximate surface area is 65.3 Å². The summed E-state index contributed by atoms with van der Waals surface area (Å²) in [5.74, 6) is 0.337. The first-order valence-electron chi connectivity index (χ1n) is 3.45. The van der Waals surface area contributed by atoms with Gasteiger partial charge in [-0.3, -0.25) is 0 Å². The largest absolute Gasteiger partial charge is 0.370 e. The van der Waals surface area contributed by atoms with E-state index in [0.29, 0.717) is 18.9 Å². The third kappa shape index (κ3) is 1.92. The first-order chi connectivity index (χ1) is 5.16. The fourth-order valence-electron chi connectivity index (χ4n) is 0.936. The third-order valence-corrected chi connectivity index (χ3v) is 1.48. The van der Waals surface area contributed by atoms with Gasteiger partial charge in [-0.05, 0) is 12.6 Å². The number of nitrogens with one attached hydrogen (secondary N) is 1. The van der Waals surface area contributed by atoms with Gasteiger partial charge in [0, 0.05) is 12.6 Å². The van der Waals surface area contributed by atoms with Crippen LogP contribution in [0.1, 0.15) is 6.42 Å². The minimum Gasteiger partial charge on any atom is -0.370 e. The van der Waals surface area contributed by atoms with Gasteiger partial charge in [-0.15, -0.1) is 0 Å². The zero-order chi connectivity index (χ0) is 8.32. The Kier molecular flexibility index (Phi) is 2.11. The number of aliphatic imine (C=N–C) groups is 1. The van der Waals surface area contributed by atoms with E-state index >= 15 is 0 Å². The lowest BCUT2D eigenvalue weighted by Gasteiger charge is -2.24. The number of guanidine groups is 1. The highest BCUT2D eigenvalue weighted by Crippen LogP contribution is 2.11. The van der Waals surface area contributed by atoms with Crippen LogP contribution >= 0.6 is 0 Å². The Balaban J connectivity index is 2.68. The normalized spacial score (nSPS) is 29.5. The molecule has 5 heteroatoms. The first kappa shape index (κ1) is 8.03. The van der Waals surface area contributed by atoms with E-state index in [1.54, 1.807) is 12.3 Å². The van der Waals surface area contributed by atoms with E-state index in [-0.39, 0.29) is 0 Å². The average Bonchev–Trinajstić information content (AvgIpc) is 1.86. The average molecular weight is 155 g/mol. The van der Waals surface area contributed by atoms with Gasteiger partial charge in [0.15, 0.2) is 5.96 Å². The van der Waals surface area contributed by atoms with Crippen LogP contribution in [0.5, 0.6) is 0 Å². The van der Waals surface area contributed by atoms with Gasteiger partial charge in [0.25, 0.3) is 0 Å². The van der Waals surface area contributed by atoms with Crippen molar-refractivity contribution in [3.63, 3.8) is 0 Å². The van der Waals surface area contributed by atoms with Gasteiger partial charge >= 0.3 is 0 Å². The molecule has 0 saturated heterocycles. The Morgan fingerprint density at radius 1 is 1.64 bits per heavy atom. The van der Waals surface area contributed by atoms with Crippen LogP contribution in [-0.2, 0) is 0 Å². The zero-order valence-electron chi connectivity index (χ0n) is 6.25. The molecule has 0 amide bonds. The first-order valence-corrected chi connectivity index (χ1v) is 3.45. The molecule has 0 fully saturated rings. The standard InChI is InChI=1S/C6H13N5/c7-3-1-6(9)2-4-10-5(8)11-6/h2,4H,1,3,7,9H2,(H3,8,10,11). The molecule has 1 aliphatic rings. The number of rotatable bonds is 2. The van der Waals surface area contributed by atoms with E-state index in [1.165, 1.54) is 0 Å².